The molecule has 0 saturated heterocycles. The number of fused-ring (bicyclic) bond motifs is 7. The second-order valence-electron chi connectivity index (χ2n) is 12.0. The Bertz CT molecular complexity index is 2720. The lowest BCUT2D eigenvalue weighted by Crippen LogP contribution is -1.92. The minimum atomic E-state index is 0.675. The van der Waals surface area contributed by atoms with Crippen molar-refractivity contribution in [2.24, 2.45) is 0 Å². The van der Waals surface area contributed by atoms with Crippen LogP contribution in [0, 0.1) is 11.3 Å². The van der Waals surface area contributed by atoms with Gasteiger partial charge in [-0.2, -0.15) is 5.26 Å². The molecule has 9 aromatic rings. The van der Waals surface area contributed by atoms with E-state index in [-0.39, 0.29) is 0 Å². The van der Waals surface area contributed by atoms with Crippen molar-refractivity contribution in [3.63, 3.8) is 0 Å². The lowest BCUT2D eigenvalue weighted by Gasteiger charge is -2.19. The Balaban J connectivity index is 1.27. The SMILES string of the molecule is N#Cc1ccc2cc(-c3c4ccccc4c(-c4ccc5c6c(cccc46)-c4nc6ccccc6nc4-5)c4ccccc34)ccc2c1. The molecule has 0 bridgehead atoms. The Morgan fingerprint density at radius 1 is 0.435 bits per heavy atom. The van der Waals surface area contributed by atoms with Crippen molar-refractivity contribution in [3.8, 4) is 50.8 Å². The van der Waals surface area contributed by atoms with E-state index in [9.17, 15) is 5.26 Å². The molecule has 3 nitrogen and oxygen atoms in total. The van der Waals surface area contributed by atoms with Crippen LogP contribution in [0.5, 0.6) is 0 Å². The van der Waals surface area contributed by atoms with E-state index in [1.807, 2.05) is 42.5 Å². The number of aromatic nitrogens is 2. The largest absolute Gasteiger partial charge is 0.244 e. The molecule has 46 heavy (non-hydrogen) atoms. The molecular weight excluding hydrogens is 558 g/mol. The zero-order chi connectivity index (χ0) is 30.4. The molecule has 1 heterocycles. The molecule has 0 amide bonds. The van der Waals surface area contributed by atoms with E-state index >= 15 is 0 Å². The molecule has 0 aliphatic heterocycles. The third-order valence-corrected chi connectivity index (χ3v) is 9.58. The van der Waals surface area contributed by atoms with Gasteiger partial charge in [0.1, 0.15) is 0 Å². The molecule has 3 heteroatoms. The summed E-state index contributed by atoms with van der Waals surface area (Å²) in [5.74, 6) is 0. The first-order valence-corrected chi connectivity index (χ1v) is 15.5. The average molecular weight is 582 g/mol. The lowest BCUT2D eigenvalue weighted by atomic mass is 9.84. The van der Waals surface area contributed by atoms with Crippen LogP contribution in [0.4, 0.5) is 0 Å². The van der Waals surface area contributed by atoms with Crippen molar-refractivity contribution in [2.75, 3.05) is 0 Å². The van der Waals surface area contributed by atoms with E-state index in [1.54, 1.807) is 0 Å². The fourth-order valence-corrected chi connectivity index (χ4v) is 7.60. The normalized spacial score (nSPS) is 11.9. The maximum atomic E-state index is 9.42. The number of hydrogen-bond acceptors (Lipinski definition) is 3. The van der Waals surface area contributed by atoms with E-state index in [1.165, 1.54) is 49.0 Å². The quantitative estimate of drug-likeness (QED) is 0.191. The summed E-state index contributed by atoms with van der Waals surface area (Å²) in [6.45, 7) is 0. The third-order valence-electron chi connectivity index (χ3n) is 9.58. The van der Waals surface area contributed by atoms with Crippen LogP contribution in [0.25, 0.3) is 98.9 Å². The summed E-state index contributed by atoms with van der Waals surface area (Å²) in [4.78, 5) is 10.2. The number of nitrogens with zero attached hydrogens (tertiary/aromatic N) is 3. The van der Waals surface area contributed by atoms with E-state index in [2.05, 4.69) is 103 Å². The zero-order valence-electron chi connectivity index (χ0n) is 24.6. The predicted molar refractivity (Wildman–Crippen MR) is 190 cm³/mol. The van der Waals surface area contributed by atoms with Crippen LogP contribution in [0.1, 0.15) is 5.56 Å². The summed E-state index contributed by atoms with van der Waals surface area (Å²) in [5.41, 5.74) is 11.5. The minimum absolute atomic E-state index is 0.675. The molecule has 0 fully saturated rings. The van der Waals surface area contributed by atoms with Gasteiger partial charge in [0.2, 0.25) is 0 Å². The molecule has 210 valence electrons. The van der Waals surface area contributed by atoms with Crippen LogP contribution >= 0.6 is 0 Å². The predicted octanol–water partition coefficient (Wildman–Crippen LogP) is 11.1. The first-order valence-electron chi connectivity index (χ1n) is 15.5. The summed E-state index contributed by atoms with van der Waals surface area (Å²) < 4.78 is 0. The van der Waals surface area contributed by atoms with E-state index in [4.69, 9.17) is 9.97 Å². The molecule has 10 rings (SSSR count). The van der Waals surface area contributed by atoms with E-state index < -0.39 is 0 Å². The molecule has 1 aromatic heterocycles. The monoisotopic (exact) mass is 581 g/mol. The van der Waals surface area contributed by atoms with E-state index in [0.717, 1.165) is 49.9 Å². The van der Waals surface area contributed by atoms with Gasteiger partial charge in [0, 0.05) is 16.5 Å². The first-order chi connectivity index (χ1) is 22.8. The smallest absolute Gasteiger partial charge is 0.0991 e. The molecule has 0 spiro atoms. The van der Waals surface area contributed by atoms with Crippen molar-refractivity contribution >= 4 is 54.1 Å². The van der Waals surface area contributed by atoms with Gasteiger partial charge in [-0.3, -0.25) is 0 Å². The summed E-state index contributed by atoms with van der Waals surface area (Å²) in [6.07, 6.45) is 0. The van der Waals surface area contributed by atoms with Crippen LogP contribution in [0.3, 0.4) is 0 Å². The highest BCUT2D eigenvalue weighted by atomic mass is 14.8. The Morgan fingerprint density at radius 3 is 1.65 bits per heavy atom. The maximum absolute atomic E-state index is 9.42. The highest BCUT2D eigenvalue weighted by Gasteiger charge is 2.27. The first kappa shape index (κ1) is 25.0. The highest BCUT2D eigenvalue weighted by molar-refractivity contribution is 6.26. The maximum Gasteiger partial charge on any atom is 0.0991 e. The summed E-state index contributed by atoms with van der Waals surface area (Å²) in [5, 5.41) is 18.9. The van der Waals surface area contributed by atoms with Crippen LogP contribution in [-0.2, 0) is 0 Å². The summed E-state index contributed by atoms with van der Waals surface area (Å²) >= 11 is 0. The molecule has 1 aliphatic carbocycles. The molecule has 0 N–H and O–H groups in total. The van der Waals surface area contributed by atoms with Gasteiger partial charge in [-0.1, -0.05) is 109 Å². The third kappa shape index (κ3) is 3.41. The average Bonchev–Trinajstić information content (AvgIpc) is 3.43. The van der Waals surface area contributed by atoms with Gasteiger partial charge in [0.15, 0.2) is 0 Å². The zero-order valence-corrected chi connectivity index (χ0v) is 24.6. The van der Waals surface area contributed by atoms with Gasteiger partial charge in [0.05, 0.1) is 34.1 Å². The molecule has 0 saturated carbocycles. The Labute approximate surface area is 264 Å². The Hall–Kier alpha value is -6.37. The van der Waals surface area contributed by atoms with Crippen molar-refractivity contribution in [2.45, 2.75) is 0 Å². The fourth-order valence-electron chi connectivity index (χ4n) is 7.60. The lowest BCUT2D eigenvalue weighted by molar-refractivity contribution is 1.32. The minimum Gasteiger partial charge on any atom is -0.244 e. The van der Waals surface area contributed by atoms with E-state index in [0.29, 0.717) is 5.56 Å². The van der Waals surface area contributed by atoms with Crippen LogP contribution in [0.2, 0.25) is 0 Å². The van der Waals surface area contributed by atoms with Crippen molar-refractivity contribution in [1.82, 2.24) is 9.97 Å². The second kappa shape index (κ2) is 9.32. The molecule has 1 aliphatic rings. The van der Waals surface area contributed by atoms with Crippen molar-refractivity contribution in [3.05, 3.63) is 145 Å². The van der Waals surface area contributed by atoms with Gasteiger partial charge in [-0.25, -0.2) is 9.97 Å². The standard InChI is InChI=1S/C43H23N3/c44-24-25-16-17-27-23-28(19-18-26(27)22-25)39-29-8-1-3-10-31(29)40(32-11-4-2-9-30(32)39)34-20-21-36-41-33(34)12-7-13-35(41)42-43(36)46-38-15-6-5-14-37(38)45-42/h1-23H. The molecular formula is C43H23N3. The number of rotatable bonds is 2. The molecule has 0 atom stereocenters. The van der Waals surface area contributed by atoms with Gasteiger partial charge in [0.25, 0.3) is 0 Å². The number of nitriles is 1. The van der Waals surface area contributed by atoms with Crippen LogP contribution in [-0.4, -0.2) is 9.97 Å². The highest BCUT2D eigenvalue weighted by Crippen LogP contribution is 2.51. The van der Waals surface area contributed by atoms with Crippen LogP contribution < -0.4 is 0 Å². The van der Waals surface area contributed by atoms with Gasteiger partial charge < -0.3 is 0 Å². The second-order valence-corrected chi connectivity index (χ2v) is 12.0. The van der Waals surface area contributed by atoms with Crippen molar-refractivity contribution < 1.29 is 0 Å². The summed E-state index contributed by atoms with van der Waals surface area (Å²) in [7, 11) is 0. The topological polar surface area (TPSA) is 49.6 Å². The number of benzene rings is 8. The summed E-state index contributed by atoms with van der Waals surface area (Å²) in [6, 6.07) is 51.5. The number of hydrogen-bond donors (Lipinski definition) is 0. The van der Waals surface area contributed by atoms with Crippen LogP contribution in [0.15, 0.2) is 140 Å². The molecule has 8 aromatic carbocycles. The Kier molecular flexibility index (Phi) is 5.06. The Morgan fingerprint density at radius 2 is 0.978 bits per heavy atom. The number of para-hydroxylation sites is 2. The van der Waals surface area contributed by atoms with Gasteiger partial charge in [-0.05, 0) is 90.3 Å². The fraction of sp³-hybridized carbons (Fsp3) is 0. The molecule has 0 radical (unpaired) electrons. The van der Waals surface area contributed by atoms with Gasteiger partial charge >= 0.3 is 0 Å². The van der Waals surface area contributed by atoms with Gasteiger partial charge in [-0.15, -0.1) is 0 Å². The van der Waals surface area contributed by atoms with Crippen molar-refractivity contribution in [1.29, 1.82) is 5.26 Å². The molecule has 0 unspecified atom stereocenters.